The molecule has 0 spiro atoms. The van der Waals surface area contributed by atoms with Crippen molar-refractivity contribution in [2.75, 3.05) is 6.54 Å². The molecular weight excluding hydrogens is 210 g/mol. The van der Waals surface area contributed by atoms with Gasteiger partial charge in [-0.2, -0.15) is 0 Å². The zero-order valence-electron chi connectivity index (χ0n) is 12.0. The van der Waals surface area contributed by atoms with E-state index in [0.717, 1.165) is 19.4 Å². The fourth-order valence-electron chi connectivity index (χ4n) is 3.03. The molecule has 1 aliphatic rings. The minimum atomic E-state index is -0.433. The van der Waals surface area contributed by atoms with Gasteiger partial charge >= 0.3 is 0 Å². The van der Waals surface area contributed by atoms with Crippen LogP contribution in [-0.2, 0) is 0 Å². The summed E-state index contributed by atoms with van der Waals surface area (Å²) in [6, 6.07) is 0.594. The second-order valence-electron chi connectivity index (χ2n) is 6.05. The molecule has 1 rings (SSSR count). The Labute approximate surface area is 107 Å². The number of nitrogens with one attached hydrogen (secondary N) is 1. The molecule has 3 atom stereocenters. The molecular formula is C15H31NO. The molecule has 3 unspecified atom stereocenters. The highest BCUT2D eigenvalue weighted by molar-refractivity contribution is 4.88. The fraction of sp³-hybridized carbons (Fsp3) is 1.00. The van der Waals surface area contributed by atoms with Crippen LogP contribution in [-0.4, -0.2) is 23.3 Å². The van der Waals surface area contributed by atoms with Crippen LogP contribution in [0.5, 0.6) is 0 Å². The number of hydrogen-bond acceptors (Lipinski definition) is 2. The van der Waals surface area contributed by atoms with E-state index in [1.807, 2.05) is 0 Å². The Hall–Kier alpha value is -0.0800. The van der Waals surface area contributed by atoms with Crippen LogP contribution in [0.25, 0.3) is 0 Å². The van der Waals surface area contributed by atoms with E-state index in [2.05, 4.69) is 26.1 Å². The van der Waals surface area contributed by atoms with Gasteiger partial charge in [0.15, 0.2) is 0 Å². The summed E-state index contributed by atoms with van der Waals surface area (Å²) >= 11 is 0. The SMILES string of the molecule is CCCCC(CC)NCC1(O)CCCC(C)C1. The average molecular weight is 241 g/mol. The molecule has 0 bridgehead atoms. The fourth-order valence-corrected chi connectivity index (χ4v) is 3.03. The maximum atomic E-state index is 10.5. The van der Waals surface area contributed by atoms with E-state index < -0.39 is 5.60 Å². The first-order chi connectivity index (χ1) is 8.09. The highest BCUT2D eigenvalue weighted by Gasteiger charge is 2.32. The summed E-state index contributed by atoms with van der Waals surface area (Å²) < 4.78 is 0. The summed E-state index contributed by atoms with van der Waals surface area (Å²) in [6.45, 7) is 7.53. The number of unbranched alkanes of at least 4 members (excludes halogenated alkanes) is 1. The van der Waals surface area contributed by atoms with Crippen molar-refractivity contribution in [2.24, 2.45) is 5.92 Å². The van der Waals surface area contributed by atoms with Crippen LogP contribution in [0, 0.1) is 5.92 Å². The molecule has 0 amide bonds. The van der Waals surface area contributed by atoms with Crippen LogP contribution < -0.4 is 5.32 Å². The van der Waals surface area contributed by atoms with Gasteiger partial charge in [-0.15, -0.1) is 0 Å². The lowest BCUT2D eigenvalue weighted by atomic mass is 9.79. The van der Waals surface area contributed by atoms with E-state index in [1.165, 1.54) is 38.5 Å². The topological polar surface area (TPSA) is 32.3 Å². The predicted octanol–water partition coefficient (Wildman–Crippen LogP) is 3.49. The molecule has 0 aliphatic heterocycles. The Balaban J connectivity index is 2.31. The molecule has 1 fully saturated rings. The monoisotopic (exact) mass is 241 g/mol. The molecule has 1 saturated carbocycles. The zero-order chi connectivity index (χ0) is 12.7. The third-order valence-electron chi connectivity index (χ3n) is 4.19. The summed E-state index contributed by atoms with van der Waals surface area (Å²) in [5, 5.41) is 14.1. The average Bonchev–Trinajstić information content (AvgIpc) is 2.29. The first-order valence-corrected chi connectivity index (χ1v) is 7.55. The quantitative estimate of drug-likeness (QED) is 0.715. The van der Waals surface area contributed by atoms with Gasteiger partial charge < -0.3 is 10.4 Å². The smallest absolute Gasteiger partial charge is 0.0774 e. The molecule has 1 aliphatic carbocycles. The summed E-state index contributed by atoms with van der Waals surface area (Å²) in [5.41, 5.74) is -0.433. The Morgan fingerprint density at radius 2 is 2.18 bits per heavy atom. The van der Waals surface area contributed by atoms with Gasteiger partial charge in [0, 0.05) is 12.6 Å². The van der Waals surface area contributed by atoms with Gasteiger partial charge in [-0.3, -0.25) is 0 Å². The van der Waals surface area contributed by atoms with Gasteiger partial charge in [-0.1, -0.05) is 46.5 Å². The Kier molecular flexibility index (Phi) is 6.50. The molecule has 0 aromatic heterocycles. The van der Waals surface area contributed by atoms with Crippen LogP contribution in [0.3, 0.4) is 0 Å². The molecule has 102 valence electrons. The third-order valence-corrected chi connectivity index (χ3v) is 4.19. The molecule has 0 radical (unpaired) electrons. The Morgan fingerprint density at radius 3 is 2.76 bits per heavy atom. The molecule has 0 saturated heterocycles. The van der Waals surface area contributed by atoms with Crippen molar-refractivity contribution >= 4 is 0 Å². The van der Waals surface area contributed by atoms with Crippen molar-refractivity contribution in [3.05, 3.63) is 0 Å². The van der Waals surface area contributed by atoms with E-state index in [-0.39, 0.29) is 0 Å². The van der Waals surface area contributed by atoms with E-state index >= 15 is 0 Å². The number of hydrogen-bond donors (Lipinski definition) is 2. The maximum Gasteiger partial charge on any atom is 0.0774 e. The zero-order valence-corrected chi connectivity index (χ0v) is 12.0. The first kappa shape index (κ1) is 15.0. The largest absolute Gasteiger partial charge is 0.389 e. The maximum absolute atomic E-state index is 10.5. The number of rotatable bonds is 7. The van der Waals surface area contributed by atoms with Crippen molar-refractivity contribution in [1.29, 1.82) is 0 Å². The van der Waals surface area contributed by atoms with Crippen molar-refractivity contribution in [3.63, 3.8) is 0 Å². The van der Waals surface area contributed by atoms with E-state index in [4.69, 9.17) is 0 Å². The van der Waals surface area contributed by atoms with Gasteiger partial charge in [0.25, 0.3) is 0 Å². The van der Waals surface area contributed by atoms with E-state index in [1.54, 1.807) is 0 Å². The van der Waals surface area contributed by atoms with E-state index in [0.29, 0.717) is 12.0 Å². The Bertz CT molecular complexity index is 207. The molecule has 0 aromatic rings. The highest BCUT2D eigenvalue weighted by atomic mass is 16.3. The van der Waals surface area contributed by atoms with Gasteiger partial charge in [0.2, 0.25) is 0 Å². The first-order valence-electron chi connectivity index (χ1n) is 7.55. The highest BCUT2D eigenvalue weighted by Crippen LogP contribution is 2.31. The molecule has 2 nitrogen and oxygen atoms in total. The molecule has 17 heavy (non-hydrogen) atoms. The van der Waals surface area contributed by atoms with Gasteiger partial charge in [-0.25, -0.2) is 0 Å². The van der Waals surface area contributed by atoms with Crippen molar-refractivity contribution in [2.45, 2.75) is 83.8 Å². The van der Waals surface area contributed by atoms with Crippen molar-refractivity contribution < 1.29 is 5.11 Å². The van der Waals surface area contributed by atoms with Crippen LogP contribution in [0.4, 0.5) is 0 Å². The minimum Gasteiger partial charge on any atom is -0.389 e. The second kappa shape index (κ2) is 7.38. The van der Waals surface area contributed by atoms with Gasteiger partial charge in [-0.05, 0) is 31.6 Å². The Morgan fingerprint density at radius 1 is 1.41 bits per heavy atom. The summed E-state index contributed by atoms with van der Waals surface area (Å²) in [6.07, 6.45) is 9.41. The molecule has 2 N–H and O–H groups in total. The lowest BCUT2D eigenvalue weighted by Gasteiger charge is -2.36. The summed E-state index contributed by atoms with van der Waals surface area (Å²) in [7, 11) is 0. The summed E-state index contributed by atoms with van der Waals surface area (Å²) in [4.78, 5) is 0. The second-order valence-corrected chi connectivity index (χ2v) is 6.05. The number of aliphatic hydroxyl groups is 1. The van der Waals surface area contributed by atoms with Crippen LogP contribution >= 0.6 is 0 Å². The van der Waals surface area contributed by atoms with Crippen LogP contribution in [0.1, 0.15) is 72.1 Å². The van der Waals surface area contributed by atoms with Crippen LogP contribution in [0.2, 0.25) is 0 Å². The molecule has 0 aromatic carbocycles. The van der Waals surface area contributed by atoms with Gasteiger partial charge in [0.05, 0.1) is 5.60 Å². The standard InChI is InChI=1S/C15H31NO/c1-4-6-9-14(5-2)16-12-15(17)10-7-8-13(3)11-15/h13-14,16-17H,4-12H2,1-3H3. The lowest BCUT2D eigenvalue weighted by Crippen LogP contribution is -2.47. The van der Waals surface area contributed by atoms with E-state index in [9.17, 15) is 5.11 Å². The predicted molar refractivity (Wildman–Crippen MR) is 74.2 cm³/mol. The molecule has 0 heterocycles. The normalized spacial score (nSPS) is 31.4. The van der Waals surface area contributed by atoms with Gasteiger partial charge in [0.1, 0.15) is 0 Å². The van der Waals surface area contributed by atoms with Crippen LogP contribution in [0.15, 0.2) is 0 Å². The van der Waals surface area contributed by atoms with Crippen molar-refractivity contribution in [1.82, 2.24) is 5.32 Å². The third kappa shape index (κ3) is 5.39. The molecule has 2 heteroatoms. The summed E-state index contributed by atoms with van der Waals surface area (Å²) in [5.74, 6) is 0.686. The minimum absolute atomic E-state index is 0.433. The van der Waals surface area contributed by atoms with Crippen molar-refractivity contribution in [3.8, 4) is 0 Å². The lowest BCUT2D eigenvalue weighted by molar-refractivity contribution is -0.0140.